The molecular formula is C12H20ClNS. The second-order valence-corrected chi connectivity index (χ2v) is 5.61. The van der Waals surface area contributed by atoms with Crippen LogP contribution in [-0.4, -0.2) is 18.5 Å². The Bertz CT molecular complexity index is 246. The van der Waals surface area contributed by atoms with Gasteiger partial charge in [0.05, 0.1) is 0 Å². The van der Waals surface area contributed by atoms with Crippen LogP contribution in [0.5, 0.6) is 0 Å². The van der Waals surface area contributed by atoms with E-state index in [4.69, 9.17) is 11.6 Å². The molecule has 0 saturated carbocycles. The van der Waals surface area contributed by atoms with Gasteiger partial charge in [-0.1, -0.05) is 19.9 Å². The second-order valence-electron chi connectivity index (χ2n) is 4.26. The van der Waals surface area contributed by atoms with Gasteiger partial charge in [0.1, 0.15) is 0 Å². The fraction of sp³-hybridized carbons (Fsp3) is 0.667. The smallest absolute Gasteiger partial charge is 0.0377 e. The van der Waals surface area contributed by atoms with Gasteiger partial charge >= 0.3 is 0 Å². The van der Waals surface area contributed by atoms with E-state index in [1.165, 1.54) is 4.88 Å². The van der Waals surface area contributed by atoms with E-state index in [0.29, 0.717) is 17.8 Å². The van der Waals surface area contributed by atoms with Crippen LogP contribution in [0.2, 0.25) is 0 Å². The Balaban J connectivity index is 2.17. The van der Waals surface area contributed by atoms with Crippen molar-refractivity contribution < 1.29 is 0 Å². The molecule has 86 valence electrons. The van der Waals surface area contributed by atoms with Crippen LogP contribution in [0.4, 0.5) is 0 Å². The number of rotatable bonds is 7. The van der Waals surface area contributed by atoms with Gasteiger partial charge in [0.2, 0.25) is 0 Å². The molecule has 1 rings (SSSR count). The lowest BCUT2D eigenvalue weighted by Crippen LogP contribution is -2.33. The summed E-state index contributed by atoms with van der Waals surface area (Å²) in [5, 5.41) is 5.64. The summed E-state index contributed by atoms with van der Waals surface area (Å²) in [7, 11) is 0. The van der Waals surface area contributed by atoms with Gasteiger partial charge in [-0.25, -0.2) is 0 Å². The van der Waals surface area contributed by atoms with E-state index in [9.17, 15) is 0 Å². The fourth-order valence-corrected chi connectivity index (χ4v) is 2.57. The van der Waals surface area contributed by atoms with Crippen LogP contribution in [-0.2, 0) is 6.42 Å². The molecule has 1 N–H and O–H groups in total. The highest BCUT2D eigenvalue weighted by Crippen LogP contribution is 2.09. The standard InChI is InChI=1S/C12H20ClNS/c1-10(2)8-11(9-13)14-6-5-12-4-3-7-15-12/h3-4,7,10-11,14H,5-6,8-9H2,1-2H3. The predicted octanol–water partition coefficient (Wildman–Crippen LogP) is 3.53. The van der Waals surface area contributed by atoms with Crippen molar-refractivity contribution in [2.45, 2.75) is 32.7 Å². The molecule has 0 spiro atoms. The lowest BCUT2D eigenvalue weighted by Gasteiger charge is -2.17. The molecule has 15 heavy (non-hydrogen) atoms. The number of thiophene rings is 1. The van der Waals surface area contributed by atoms with E-state index in [-0.39, 0.29) is 0 Å². The number of halogens is 1. The number of hydrogen-bond acceptors (Lipinski definition) is 2. The van der Waals surface area contributed by atoms with Crippen molar-refractivity contribution in [3.63, 3.8) is 0 Å². The summed E-state index contributed by atoms with van der Waals surface area (Å²) >= 11 is 7.74. The molecule has 1 aromatic rings. The minimum absolute atomic E-state index is 0.464. The molecule has 1 heterocycles. The zero-order valence-electron chi connectivity index (χ0n) is 9.50. The Morgan fingerprint density at radius 1 is 1.47 bits per heavy atom. The van der Waals surface area contributed by atoms with Crippen molar-refractivity contribution in [1.29, 1.82) is 0 Å². The van der Waals surface area contributed by atoms with Gasteiger partial charge in [-0.2, -0.15) is 0 Å². The van der Waals surface area contributed by atoms with Gasteiger partial charge < -0.3 is 5.32 Å². The largest absolute Gasteiger partial charge is 0.312 e. The number of alkyl halides is 1. The lowest BCUT2D eigenvalue weighted by atomic mass is 10.1. The summed E-state index contributed by atoms with van der Waals surface area (Å²) in [6, 6.07) is 4.75. The molecule has 0 bridgehead atoms. The molecule has 3 heteroatoms. The highest BCUT2D eigenvalue weighted by molar-refractivity contribution is 7.09. The van der Waals surface area contributed by atoms with Gasteiger partial charge in [-0.3, -0.25) is 0 Å². The maximum atomic E-state index is 5.91. The Kier molecular flexibility index (Phi) is 6.30. The molecule has 1 unspecified atom stereocenters. The van der Waals surface area contributed by atoms with Gasteiger partial charge in [0.25, 0.3) is 0 Å². The van der Waals surface area contributed by atoms with E-state index in [1.54, 1.807) is 0 Å². The Hall–Kier alpha value is -0.0500. The van der Waals surface area contributed by atoms with Crippen LogP contribution in [0, 0.1) is 5.92 Å². The van der Waals surface area contributed by atoms with Crippen molar-refractivity contribution in [3.05, 3.63) is 22.4 Å². The minimum atomic E-state index is 0.464. The number of nitrogens with one attached hydrogen (secondary N) is 1. The van der Waals surface area contributed by atoms with E-state index >= 15 is 0 Å². The van der Waals surface area contributed by atoms with Crippen LogP contribution in [0.25, 0.3) is 0 Å². The second kappa shape index (κ2) is 7.26. The first-order chi connectivity index (χ1) is 7.22. The molecule has 0 aromatic carbocycles. The summed E-state index contributed by atoms with van der Waals surface area (Å²) in [5.74, 6) is 1.42. The van der Waals surface area contributed by atoms with Crippen LogP contribution in [0.15, 0.2) is 17.5 Å². The normalized spacial score (nSPS) is 13.3. The third-order valence-corrected chi connectivity index (χ3v) is 3.64. The molecule has 0 amide bonds. The highest BCUT2D eigenvalue weighted by atomic mass is 35.5. The first-order valence-corrected chi connectivity index (χ1v) is 6.95. The zero-order valence-corrected chi connectivity index (χ0v) is 11.1. The molecule has 0 aliphatic carbocycles. The maximum absolute atomic E-state index is 5.91. The average molecular weight is 246 g/mol. The van der Waals surface area contributed by atoms with Crippen molar-refractivity contribution in [2.75, 3.05) is 12.4 Å². The summed E-state index contributed by atoms with van der Waals surface area (Å²) in [5.41, 5.74) is 0. The predicted molar refractivity (Wildman–Crippen MR) is 70.0 cm³/mol. The molecule has 1 atom stereocenters. The summed E-state index contributed by atoms with van der Waals surface area (Å²) in [6.45, 7) is 5.51. The molecule has 0 aliphatic heterocycles. The zero-order chi connectivity index (χ0) is 11.1. The van der Waals surface area contributed by atoms with Gasteiger partial charge in [0.15, 0.2) is 0 Å². The quantitative estimate of drug-likeness (QED) is 0.725. The van der Waals surface area contributed by atoms with E-state index in [2.05, 4.69) is 36.7 Å². The van der Waals surface area contributed by atoms with E-state index in [1.807, 2.05) is 11.3 Å². The summed E-state index contributed by atoms with van der Waals surface area (Å²) in [6.07, 6.45) is 2.27. The van der Waals surface area contributed by atoms with Crippen molar-refractivity contribution in [1.82, 2.24) is 5.32 Å². The fourth-order valence-electron chi connectivity index (χ4n) is 1.62. The Morgan fingerprint density at radius 3 is 2.80 bits per heavy atom. The molecule has 1 nitrogen and oxygen atoms in total. The van der Waals surface area contributed by atoms with E-state index in [0.717, 1.165) is 19.4 Å². The number of hydrogen-bond donors (Lipinski definition) is 1. The molecule has 1 aromatic heterocycles. The lowest BCUT2D eigenvalue weighted by molar-refractivity contribution is 0.448. The van der Waals surface area contributed by atoms with E-state index < -0.39 is 0 Å². The van der Waals surface area contributed by atoms with Crippen LogP contribution in [0.1, 0.15) is 25.1 Å². The van der Waals surface area contributed by atoms with Crippen molar-refractivity contribution in [2.24, 2.45) is 5.92 Å². The Labute approximate surface area is 102 Å². The Morgan fingerprint density at radius 2 is 2.27 bits per heavy atom. The monoisotopic (exact) mass is 245 g/mol. The molecule has 0 aliphatic rings. The van der Waals surface area contributed by atoms with Crippen molar-refractivity contribution in [3.8, 4) is 0 Å². The first kappa shape index (κ1) is 13.0. The summed E-state index contributed by atoms with van der Waals surface area (Å²) < 4.78 is 0. The first-order valence-electron chi connectivity index (χ1n) is 5.54. The average Bonchev–Trinajstić information content (AvgIpc) is 2.68. The van der Waals surface area contributed by atoms with Gasteiger partial charge in [-0.15, -0.1) is 22.9 Å². The van der Waals surface area contributed by atoms with Crippen LogP contribution < -0.4 is 5.32 Å². The topological polar surface area (TPSA) is 12.0 Å². The molecule has 0 radical (unpaired) electrons. The molecule has 0 saturated heterocycles. The van der Waals surface area contributed by atoms with Crippen LogP contribution in [0.3, 0.4) is 0 Å². The third-order valence-electron chi connectivity index (χ3n) is 2.33. The SMILES string of the molecule is CC(C)CC(CCl)NCCc1cccs1. The van der Waals surface area contributed by atoms with Gasteiger partial charge in [0, 0.05) is 23.3 Å². The molecular weight excluding hydrogens is 226 g/mol. The van der Waals surface area contributed by atoms with Gasteiger partial charge in [-0.05, 0) is 30.2 Å². The van der Waals surface area contributed by atoms with Crippen LogP contribution >= 0.6 is 22.9 Å². The highest BCUT2D eigenvalue weighted by Gasteiger charge is 2.08. The minimum Gasteiger partial charge on any atom is -0.312 e. The maximum Gasteiger partial charge on any atom is 0.0377 e. The van der Waals surface area contributed by atoms with Crippen molar-refractivity contribution >= 4 is 22.9 Å². The third kappa shape index (κ3) is 5.55. The molecule has 0 fully saturated rings. The summed E-state index contributed by atoms with van der Waals surface area (Å²) in [4.78, 5) is 1.44.